The van der Waals surface area contributed by atoms with Gasteiger partial charge in [0.25, 0.3) is 5.91 Å². The molecule has 3 aliphatic heterocycles. The summed E-state index contributed by atoms with van der Waals surface area (Å²) in [6.07, 6.45) is 2.24. The van der Waals surface area contributed by atoms with Crippen LogP contribution in [-0.2, 0) is 11.2 Å². The number of carbonyl (C=O) groups is 2. The average molecular weight is 390 g/mol. The van der Waals surface area contributed by atoms with E-state index in [2.05, 4.69) is 32.0 Å². The van der Waals surface area contributed by atoms with Gasteiger partial charge in [0.15, 0.2) is 0 Å². The molecule has 3 amide bonds. The second-order valence-corrected chi connectivity index (χ2v) is 8.87. The lowest BCUT2D eigenvalue weighted by molar-refractivity contribution is -0.136. The topological polar surface area (TPSA) is 49.9 Å². The molecule has 3 saturated heterocycles. The number of amides is 3. The Labute approximate surface area is 171 Å². The van der Waals surface area contributed by atoms with Gasteiger partial charge in [-0.15, -0.1) is 0 Å². The van der Waals surface area contributed by atoms with Gasteiger partial charge in [0.2, 0.25) is 0 Å². The predicted molar refractivity (Wildman–Crippen MR) is 110 cm³/mol. The fraction of sp³-hybridized carbons (Fsp3) is 0.417. The number of nitrogens with zero attached hydrogens (tertiary/aromatic N) is 2. The zero-order chi connectivity index (χ0) is 20.3. The molecule has 1 saturated carbocycles. The molecule has 4 fully saturated rings. The molecule has 0 radical (unpaired) electrons. The van der Waals surface area contributed by atoms with E-state index in [4.69, 9.17) is 4.74 Å². The summed E-state index contributed by atoms with van der Waals surface area (Å²) in [6.45, 7) is 4.87. The van der Waals surface area contributed by atoms with Gasteiger partial charge in [0.1, 0.15) is 11.3 Å². The number of imide groups is 1. The summed E-state index contributed by atoms with van der Waals surface area (Å²) in [6, 6.07) is 13.7. The highest BCUT2D eigenvalue weighted by atomic mass is 16.5. The molecule has 2 aromatic carbocycles. The molecule has 2 aromatic rings. The first-order chi connectivity index (χ1) is 13.9. The van der Waals surface area contributed by atoms with E-state index >= 15 is 0 Å². The Morgan fingerprint density at radius 2 is 1.83 bits per heavy atom. The van der Waals surface area contributed by atoms with Crippen LogP contribution in [0.15, 0.2) is 42.5 Å². The Morgan fingerprint density at radius 1 is 1.10 bits per heavy atom. The smallest absolute Gasteiger partial charge is 0.328 e. The van der Waals surface area contributed by atoms with Gasteiger partial charge in [0.05, 0.1) is 13.2 Å². The van der Waals surface area contributed by atoms with Crippen molar-refractivity contribution in [1.82, 2.24) is 9.80 Å². The molecule has 5 heteroatoms. The van der Waals surface area contributed by atoms with Gasteiger partial charge in [-0.05, 0) is 62.3 Å². The fourth-order valence-corrected chi connectivity index (χ4v) is 5.56. The summed E-state index contributed by atoms with van der Waals surface area (Å²) in [5.74, 6) is 1.21. The Balaban J connectivity index is 1.56. The van der Waals surface area contributed by atoms with Crippen LogP contribution in [0, 0.1) is 19.8 Å². The SMILES string of the molecule is COc1cccc(C(Cc2cc(C)cc(C)c2)N2C(=O)N3CC4CC3(C4)C2=O)c1. The third-order valence-corrected chi connectivity index (χ3v) is 6.76. The van der Waals surface area contributed by atoms with E-state index in [1.807, 2.05) is 29.2 Å². The molecule has 2 bridgehead atoms. The van der Waals surface area contributed by atoms with Gasteiger partial charge in [-0.2, -0.15) is 0 Å². The summed E-state index contributed by atoms with van der Waals surface area (Å²) in [5, 5.41) is 0. The third-order valence-electron chi connectivity index (χ3n) is 6.76. The summed E-state index contributed by atoms with van der Waals surface area (Å²) in [7, 11) is 1.63. The zero-order valence-electron chi connectivity index (χ0n) is 17.1. The number of ether oxygens (including phenoxy) is 1. The molecule has 4 aliphatic rings. The minimum atomic E-state index is -0.568. The number of rotatable bonds is 5. The largest absolute Gasteiger partial charge is 0.497 e. The number of hydrogen-bond donors (Lipinski definition) is 0. The van der Waals surface area contributed by atoms with Crippen molar-refractivity contribution < 1.29 is 14.3 Å². The van der Waals surface area contributed by atoms with Crippen molar-refractivity contribution in [2.45, 2.75) is 44.7 Å². The summed E-state index contributed by atoms with van der Waals surface area (Å²) < 4.78 is 5.41. The third kappa shape index (κ3) is 2.67. The van der Waals surface area contributed by atoms with Crippen molar-refractivity contribution in [3.63, 3.8) is 0 Å². The number of aryl methyl sites for hydroxylation is 2. The van der Waals surface area contributed by atoms with E-state index in [-0.39, 0.29) is 18.0 Å². The second-order valence-electron chi connectivity index (χ2n) is 8.87. The van der Waals surface area contributed by atoms with Gasteiger partial charge in [-0.3, -0.25) is 9.69 Å². The van der Waals surface area contributed by atoms with Crippen LogP contribution in [0.25, 0.3) is 0 Å². The summed E-state index contributed by atoms with van der Waals surface area (Å²) >= 11 is 0. The molecule has 0 N–H and O–H groups in total. The van der Waals surface area contributed by atoms with E-state index in [1.165, 1.54) is 16.0 Å². The monoisotopic (exact) mass is 390 g/mol. The molecule has 1 unspecified atom stereocenters. The van der Waals surface area contributed by atoms with Crippen molar-refractivity contribution in [3.05, 3.63) is 64.7 Å². The first kappa shape index (κ1) is 18.2. The van der Waals surface area contributed by atoms with Gasteiger partial charge in [0, 0.05) is 6.54 Å². The van der Waals surface area contributed by atoms with Crippen molar-refractivity contribution in [2.24, 2.45) is 5.92 Å². The van der Waals surface area contributed by atoms with Gasteiger partial charge in [-0.25, -0.2) is 4.79 Å². The van der Waals surface area contributed by atoms with Crippen molar-refractivity contribution in [1.29, 1.82) is 0 Å². The van der Waals surface area contributed by atoms with Crippen LogP contribution in [0.3, 0.4) is 0 Å². The number of methoxy groups -OCH3 is 1. The van der Waals surface area contributed by atoms with Gasteiger partial charge >= 0.3 is 6.03 Å². The molecule has 5 nitrogen and oxygen atoms in total. The molecule has 150 valence electrons. The maximum atomic E-state index is 13.5. The van der Waals surface area contributed by atoms with Crippen LogP contribution in [0.5, 0.6) is 5.75 Å². The second kappa shape index (κ2) is 6.34. The van der Waals surface area contributed by atoms with Crippen LogP contribution in [0.4, 0.5) is 4.79 Å². The molecule has 1 atom stereocenters. The van der Waals surface area contributed by atoms with E-state index in [0.717, 1.165) is 36.3 Å². The normalized spacial score (nSPS) is 25.8. The number of benzene rings is 2. The molecule has 1 spiro atoms. The number of urea groups is 1. The Bertz CT molecular complexity index is 986. The first-order valence-corrected chi connectivity index (χ1v) is 10.3. The van der Waals surface area contributed by atoms with Crippen molar-refractivity contribution >= 4 is 11.9 Å². The number of hydrogen-bond acceptors (Lipinski definition) is 3. The van der Waals surface area contributed by atoms with E-state index in [0.29, 0.717) is 12.3 Å². The number of carbonyl (C=O) groups excluding carboxylic acids is 2. The summed E-state index contributed by atoms with van der Waals surface area (Å²) in [5.41, 5.74) is 3.86. The first-order valence-electron chi connectivity index (χ1n) is 10.3. The van der Waals surface area contributed by atoms with E-state index in [9.17, 15) is 9.59 Å². The predicted octanol–water partition coefficient (Wildman–Crippen LogP) is 4.02. The highest BCUT2D eigenvalue weighted by Gasteiger charge is 2.69. The lowest BCUT2D eigenvalue weighted by atomic mass is 9.73. The van der Waals surface area contributed by atoms with Crippen molar-refractivity contribution in [3.8, 4) is 5.75 Å². The molecule has 1 aliphatic carbocycles. The van der Waals surface area contributed by atoms with Crippen LogP contribution >= 0.6 is 0 Å². The van der Waals surface area contributed by atoms with E-state index in [1.54, 1.807) is 7.11 Å². The lowest BCUT2D eigenvalue weighted by Crippen LogP contribution is -2.49. The minimum absolute atomic E-state index is 0.0200. The van der Waals surface area contributed by atoms with Crippen molar-refractivity contribution in [2.75, 3.05) is 13.7 Å². The van der Waals surface area contributed by atoms with E-state index < -0.39 is 5.54 Å². The highest BCUT2D eigenvalue weighted by Crippen LogP contribution is 2.56. The Kier molecular flexibility index (Phi) is 3.99. The molecule has 3 heterocycles. The van der Waals surface area contributed by atoms with Crippen LogP contribution in [0.1, 0.15) is 41.1 Å². The van der Waals surface area contributed by atoms with Gasteiger partial charge < -0.3 is 9.64 Å². The summed E-state index contributed by atoms with van der Waals surface area (Å²) in [4.78, 5) is 30.2. The van der Waals surface area contributed by atoms with Crippen LogP contribution in [-0.4, -0.2) is 40.9 Å². The average Bonchev–Trinajstić information content (AvgIpc) is 3.28. The Morgan fingerprint density at radius 3 is 2.48 bits per heavy atom. The molecule has 29 heavy (non-hydrogen) atoms. The lowest BCUT2D eigenvalue weighted by Gasteiger charge is -2.35. The van der Waals surface area contributed by atoms with Crippen LogP contribution in [0.2, 0.25) is 0 Å². The molecule has 6 rings (SSSR count). The minimum Gasteiger partial charge on any atom is -0.497 e. The highest BCUT2D eigenvalue weighted by molar-refractivity contribution is 6.09. The standard InChI is InChI=1S/C24H26N2O3/c1-15-7-16(2)9-17(8-15)10-21(19-5-4-6-20(11-19)29-3)26-22(27)24-12-18(13-24)14-25(24)23(26)28/h4-9,11,18,21H,10,12-14H2,1-3H3. The maximum Gasteiger partial charge on any atom is 0.328 e. The van der Waals surface area contributed by atoms with Gasteiger partial charge in [-0.1, -0.05) is 41.5 Å². The quantitative estimate of drug-likeness (QED) is 0.725. The maximum absolute atomic E-state index is 13.5. The van der Waals surface area contributed by atoms with Crippen LogP contribution < -0.4 is 4.74 Å². The Hall–Kier alpha value is -2.82. The zero-order valence-corrected chi connectivity index (χ0v) is 17.1. The fourth-order valence-electron chi connectivity index (χ4n) is 5.56. The molecule has 0 aromatic heterocycles. The molecular formula is C24H26N2O3. The molecular weight excluding hydrogens is 364 g/mol.